The SMILES string of the molecule is CCOC(=O)c1cnn(-c2nccc(C)c2C#N)c1. The summed E-state index contributed by atoms with van der Waals surface area (Å²) in [4.78, 5) is 15.7. The zero-order valence-corrected chi connectivity index (χ0v) is 10.6. The Balaban J connectivity index is 2.42. The molecule has 0 bridgehead atoms. The molecule has 96 valence electrons. The van der Waals surface area contributed by atoms with Crippen molar-refractivity contribution < 1.29 is 9.53 Å². The molecule has 0 aliphatic rings. The zero-order chi connectivity index (χ0) is 13.8. The number of nitrogens with zero attached hydrogens (tertiary/aromatic N) is 4. The van der Waals surface area contributed by atoms with Crippen molar-refractivity contribution in [2.45, 2.75) is 13.8 Å². The molecule has 2 aromatic rings. The number of ether oxygens (including phenoxy) is 1. The maximum atomic E-state index is 11.5. The van der Waals surface area contributed by atoms with Crippen LogP contribution in [0.1, 0.15) is 28.4 Å². The van der Waals surface area contributed by atoms with Crippen LogP contribution in [0.3, 0.4) is 0 Å². The largest absolute Gasteiger partial charge is 0.462 e. The molecule has 0 aliphatic carbocycles. The maximum absolute atomic E-state index is 11.5. The molecule has 19 heavy (non-hydrogen) atoms. The predicted molar refractivity (Wildman–Crippen MR) is 66.8 cm³/mol. The lowest BCUT2D eigenvalue weighted by molar-refractivity contribution is 0.0526. The molecule has 0 N–H and O–H groups in total. The second-order valence-corrected chi connectivity index (χ2v) is 3.83. The monoisotopic (exact) mass is 256 g/mol. The Hall–Kier alpha value is -2.68. The second-order valence-electron chi connectivity index (χ2n) is 3.83. The predicted octanol–water partition coefficient (Wildman–Crippen LogP) is 1.62. The molecule has 0 atom stereocenters. The Bertz CT molecular complexity index is 655. The van der Waals surface area contributed by atoms with Crippen LogP contribution in [0, 0.1) is 18.3 Å². The van der Waals surface area contributed by atoms with Gasteiger partial charge in [0.15, 0.2) is 5.82 Å². The number of hydrogen-bond donors (Lipinski definition) is 0. The lowest BCUT2D eigenvalue weighted by Crippen LogP contribution is -2.04. The van der Waals surface area contributed by atoms with Gasteiger partial charge in [-0.15, -0.1) is 0 Å². The number of aryl methyl sites for hydroxylation is 1. The van der Waals surface area contributed by atoms with E-state index in [1.165, 1.54) is 17.1 Å². The van der Waals surface area contributed by atoms with Gasteiger partial charge in [0.1, 0.15) is 6.07 Å². The first kappa shape index (κ1) is 12.8. The molecule has 0 radical (unpaired) electrons. The van der Waals surface area contributed by atoms with Crippen LogP contribution in [-0.4, -0.2) is 27.3 Å². The van der Waals surface area contributed by atoms with Crippen LogP contribution in [0.5, 0.6) is 0 Å². The normalized spacial score (nSPS) is 9.95. The molecule has 0 unspecified atom stereocenters. The van der Waals surface area contributed by atoms with Crippen LogP contribution in [0.2, 0.25) is 0 Å². The van der Waals surface area contributed by atoms with E-state index >= 15 is 0 Å². The summed E-state index contributed by atoms with van der Waals surface area (Å²) in [7, 11) is 0. The summed E-state index contributed by atoms with van der Waals surface area (Å²) >= 11 is 0. The van der Waals surface area contributed by atoms with Gasteiger partial charge in [-0.1, -0.05) is 0 Å². The first-order valence-electron chi connectivity index (χ1n) is 5.75. The van der Waals surface area contributed by atoms with Crippen LogP contribution in [0.15, 0.2) is 24.7 Å². The highest BCUT2D eigenvalue weighted by Crippen LogP contribution is 2.15. The number of carbonyl (C=O) groups is 1. The number of nitriles is 1. The van der Waals surface area contributed by atoms with Crippen molar-refractivity contribution in [2.75, 3.05) is 6.61 Å². The minimum atomic E-state index is -0.445. The molecule has 0 aromatic carbocycles. The standard InChI is InChI=1S/C13H12N4O2/c1-3-19-13(18)10-7-16-17(8-10)12-11(6-14)9(2)4-5-15-12/h4-5,7-8H,3H2,1-2H3. The molecule has 6 nitrogen and oxygen atoms in total. The van der Waals surface area contributed by atoms with Gasteiger partial charge in [-0.05, 0) is 25.5 Å². The molecule has 0 aliphatic heterocycles. The van der Waals surface area contributed by atoms with Gasteiger partial charge < -0.3 is 4.74 Å². The summed E-state index contributed by atoms with van der Waals surface area (Å²) in [5.74, 6) is -0.0436. The lowest BCUT2D eigenvalue weighted by Gasteiger charge is -2.04. The minimum Gasteiger partial charge on any atom is -0.462 e. The summed E-state index contributed by atoms with van der Waals surface area (Å²) in [6.07, 6.45) is 4.49. The molecule has 0 saturated carbocycles. The molecular formula is C13H12N4O2. The van der Waals surface area contributed by atoms with Crippen molar-refractivity contribution >= 4 is 5.97 Å². The lowest BCUT2D eigenvalue weighted by atomic mass is 10.1. The van der Waals surface area contributed by atoms with Gasteiger partial charge >= 0.3 is 5.97 Å². The maximum Gasteiger partial charge on any atom is 0.341 e. The summed E-state index contributed by atoms with van der Waals surface area (Å²) in [6.45, 7) is 3.86. The number of aromatic nitrogens is 3. The molecule has 0 saturated heterocycles. The highest BCUT2D eigenvalue weighted by atomic mass is 16.5. The molecule has 2 aromatic heterocycles. The van der Waals surface area contributed by atoms with Gasteiger partial charge in [0.25, 0.3) is 0 Å². The summed E-state index contributed by atoms with van der Waals surface area (Å²) < 4.78 is 6.28. The Kier molecular flexibility index (Phi) is 3.57. The van der Waals surface area contributed by atoms with E-state index in [0.29, 0.717) is 23.6 Å². The van der Waals surface area contributed by atoms with E-state index in [9.17, 15) is 4.79 Å². The summed E-state index contributed by atoms with van der Waals surface area (Å²) in [5.41, 5.74) is 1.57. The number of rotatable bonds is 3. The Morgan fingerprint density at radius 2 is 2.37 bits per heavy atom. The number of pyridine rings is 1. The molecule has 0 spiro atoms. The number of hydrogen-bond acceptors (Lipinski definition) is 5. The van der Waals surface area contributed by atoms with E-state index in [0.717, 1.165) is 5.56 Å². The summed E-state index contributed by atoms with van der Waals surface area (Å²) in [5, 5.41) is 13.2. The van der Waals surface area contributed by atoms with Crippen molar-refractivity contribution in [1.82, 2.24) is 14.8 Å². The third-order valence-corrected chi connectivity index (χ3v) is 2.56. The Morgan fingerprint density at radius 1 is 1.58 bits per heavy atom. The molecule has 2 heterocycles. The molecule has 6 heteroatoms. The van der Waals surface area contributed by atoms with E-state index in [1.54, 1.807) is 19.2 Å². The molecule has 2 rings (SSSR count). The van der Waals surface area contributed by atoms with E-state index in [2.05, 4.69) is 16.2 Å². The third kappa shape index (κ3) is 2.45. The van der Waals surface area contributed by atoms with Crippen molar-refractivity contribution in [2.24, 2.45) is 0 Å². The minimum absolute atomic E-state index is 0.302. The fourth-order valence-corrected chi connectivity index (χ4v) is 1.61. The zero-order valence-electron chi connectivity index (χ0n) is 10.6. The van der Waals surface area contributed by atoms with Gasteiger partial charge in [0, 0.05) is 12.4 Å². The first-order valence-corrected chi connectivity index (χ1v) is 5.75. The van der Waals surface area contributed by atoms with Crippen molar-refractivity contribution in [1.29, 1.82) is 5.26 Å². The highest BCUT2D eigenvalue weighted by Gasteiger charge is 2.13. The van der Waals surface area contributed by atoms with Crippen LogP contribution < -0.4 is 0 Å². The van der Waals surface area contributed by atoms with Crippen LogP contribution in [-0.2, 0) is 4.74 Å². The van der Waals surface area contributed by atoms with Gasteiger partial charge in [0.2, 0.25) is 0 Å². The van der Waals surface area contributed by atoms with Crippen molar-refractivity contribution in [3.8, 4) is 11.9 Å². The van der Waals surface area contributed by atoms with E-state index < -0.39 is 5.97 Å². The first-order chi connectivity index (χ1) is 9.17. The smallest absolute Gasteiger partial charge is 0.341 e. The highest BCUT2D eigenvalue weighted by molar-refractivity contribution is 5.88. The Morgan fingerprint density at radius 3 is 3.05 bits per heavy atom. The average molecular weight is 256 g/mol. The summed E-state index contributed by atoms with van der Waals surface area (Å²) in [6, 6.07) is 3.83. The van der Waals surface area contributed by atoms with Crippen LogP contribution in [0.4, 0.5) is 0 Å². The van der Waals surface area contributed by atoms with Gasteiger partial charge in [-0.2, -0.15) is 10.4 Å². The van der Waals surface area contributed by atoms with Crippen LogP contribution in [0.25, 0.3) is 5.82 Å². The van der Waals surface area contributed by atoms with E-state index in [-0.39, 0.29) is 0 Å². The van der Waals surface area contributed by atoms with Crippen LogP contribution >= 0.6 is 0 Å². The second kappa shape index (κ2) is 5.31. The third-order valence-electron chi connectivity index (χ3n) is 2.56. The van der Waals surface area contributed by atoms with E-state index in [4.69, 9.17) is 10.00 Å². The number of esters is 1. The fraction of sp³-hybridized carbons (Fsp3) is 0.231. The van der Waals surface area contributed by atoms with Gasteiger partial charge in [-0.3, -0.25) is 0 Å². The van der Waals surface area contributed by atoms with Crippen molar-refractivity contribution in [3.63, 3.8) is 0 Å². The fourth-order valence-electron chi connectivity index (χ4n) is 1.61. The molecule has 0 fully saturated rings. The quantitative estimate of drug-likeness (QED) is 0.779. The molecular weight excluding hydrogens is 244 g/mol. The van der Waals surface area contributed by atoms with E-state index in [1.807, 2.05) is 6.92 Å². The average Bonchev–Trinajstić information content (AvgIpc) is 2.88. The molecule has 0 amide bonds. The number of carbonyl (C=O) groups excluding carboxylic acids is 1. The van der Waals surface area contributed by atoms with Gasteiger partial charge in [0.05, 0.1) is 23.9 Å². The van der Waals surface area contributed by atoms with Crippen molar-refractivity contribution in [3.05, 3.63) is 41.3 Å². The van der Waals surface area contributed by atoms with Gasteiger partial charge in [-0.25, -0.2) is 14.5 Å². The Labute approximate surface area is 110 Å². The topological polar surface area (TPSA) is 80.8 Å².